The number of imidazole rings is 1. The highest BCUT2D eigenvalue weighted by atomic mass is 35.5. The molecule has 0 aliphatic heterocycles. The van der Waals surface area contributed by atoms with Gasteiger partial charge < -0.3 is 10.1 Å². The lowest BCUT2D eigenvalue weighted by atomic mass is 10.3. The molecule has 26 heavy (non-hydrogen) atoms. The van der Waals surface area contributed by atoms with Gasteiger partial charge >= 0.3 is 0 Å². The molecule has 2 aromatic carbocycles. The maximum absolute atomic E-state index is 12.4. The van der Waals surface area contributed by atoms with Gasteiger partial charge in [-0.15, -0.1) is 0 Å². The number of nitrogens with one attached hydrogen (secondary N) is 1. The van der Waals surface area contributed by atoms with E-state index in [1.54, 1.807) is 37.6 Å². The second-order valence-corrected chi connectivity index (χ2v) is 7.28. The molecule has 1 atom stereocenters. The third kappa shape index (κ3) is 4.39. The molecule has 3 rings (SSSR count). The summed E-state index contributed by atoms with van der Waals surface area (Å²) in [6.45, 7) is 1.85. The van der Waals surface area contributed by atoms with Gasteiger partial charge in [0.2, 0.25) is 5.91 Å². The molecule has 0 aliphatic carbocycles. The van der Waals surface area contributed by atoms with Crippen molar-refractivity contribution in [1.29, 1.82) is 0 Å². The second-order valence-electron chi connectivity index (χ2n) is 5.53. The van der Waals surface area contributed by atoms with Crippen molar-refractivity contribution in [1.82, 2.24) is 9.55 Å². The molecule has 1 heterocycles. The Kier molecular flexibility index (Phi) is 5.85. The summed E-state index contributed by atoms with van der Waals surface area (Å²) in [6, 6.07) is 14.7. The fourth-order valence-electron chi connectivity index (χ4n) is 2.31. The van der Waals surface area contributed by atoms with Crippen LogP contribution in [-0.2, 0) is 4.79 Å². The predicted molar refractivity (Wildman–Crippen MR) is 106 cm³/mol. The van der Waals surface area contributed by atoms with Gasteiger partial charge in [0.05, 0.1) is 12.4 Å². The van der Waals surface area contributed by atoms with Crippen LogP contribution in [0.3, 0.4) is 0 Å². The molecule has 1 N–H and O–H groups in total. The van der Waals surface area contributed by atoms with Crippen molar-refractivity contribution in [2.24, 2.45) is 0 Å². The first-order chi connectivity index (χ1) is 12.6. The quantitative estimate of drug-likeness (QED) is 0.625. The van der Waals surface area contributed by atoms with Crippen LogP contribution in [0.15, 0.2) is 66.1 Å². The molecule has 0 fully saturated rings. The Morgan fingerprint density at radius 1 is 1.19 bits per heavy atom. The van der Waals surface area contributed by atoms with Crippen LogP contribution in [-0.4, -0.2) is 27.8 Å². The molecule has 3 aromatic rings. The van der Waals surface area contributed by atoms with Gasteiger partial charge in [0.15, 0.2) is 5.16 Å². The normalized spacial score (nSPS) is 11.8. The summed E-state index contributed by atoms with van der Waals surface area (Å²) in [5.41, 5.74) is 1.67. The number of carbonyl (C=O) groups excluding carboxylic acids is 1. The number of hydrogen-bond donors (Lipinski definition) is 1. The number of rotatable bonds is 6. The van der Waals surface area contributed by atoms with Crippen LogP contribution in [0.1, 0.15) is 6.92 Å². The van der Waals surface area contributed by atoms with Crippen molar-refractivity contribution in [3.63, 3.8) is 0 Å². The van der Waals surface area contributed by atoms with E-state index in [-0.39, 0.29) is 11.2 Å². The number of amides is 1. The zero-order valence-corrected chi connectivity index (χ0v) is 15.9. The van der Waals surface area contributed by atoms with Crippen LogP contribution in [0.25, 0.3) is 5.69 Å². The first kappa shape index (κ1) is 18.4. The summed E-state index contributed by atoms with van der Waals surface area (Å²) in [6.07, 6.45) is 3.59. The van der Waals surface area contributed by atoms with Crippen molar-refractivity contribution >= 4 is 35.0 Å². The van der Waals surface area contributed by atoms with E-state index in [0.717, 1.165) is 16.6 Å². The van der Waals surface area contributed by atoms with E-state index in [9.17, 15) is 4.79 Å². The lowest BCUT2D eigenvalue weighted by Crippen LogP contribution is -2.22. The molecular weight excluding hydrogens is 370 g/mol. The summed E-state index contributed by atoms with van der Waals surface area (Å²) in [5.74, 6) is 0.695. The van der Waals surface area contributed by atoms with Crippen LogP contribution in [0.2, 0.25) is 5.02 Å². The number of hydrogen-bond acceptors (Lipinski definition) is 4. The second kappa shape index (κ2) is 8.29. The number of benzene rings is 2. The smallest absolute Gasteiger partial charge is 0.237 e. The minimum atomic E-state index is -0.315. The summed E-state index contributed by atoms with van der Waals surface area (Å²) in [5, 5.41) is 3.94. The average molecular weight is 388 g/mol. The molecule has 1 aromatic heterocycles. The van der Waals surface area contributed by atoms with Gasteiger partial charge in [0, 0.05) is 28.8 Å². The van der Waals surface area contributed by atoms with Gasteiger partial charge in [-0.3, -0.25) is 9.36 Å². The van der Waals surface area contributed by atoms with E-state index >= 15 is 0 Å². The van der Waals surface area contributed by atoms with Crippen molar-refractivity contribution < 1.29 is 9.53 Å². The van der Waals surface area contributed by atoms with Gasteiger partial charge in [0.1, 0.15) is 5.75 Å². The van der Waals surface area contributed by atoms with Crippen LogP contribution in [0, 0.1) is 0 Å². The maximum Gasteiger partial charge on any atom is 0.237 e. The summed E-state index contributed by atoms with van der Waals surface area (Å²) in [7, 11) is 1.63. The van der Waals surface area contributed by atoms with Crippen molar-refractivity contribution in [2.45, 2.75) is 17.3 Å². The maximum atomic E-state index is 12.4. The third-order valence-corrected chi connectivity index (χ3v) is 5.05. The van der Waals surface area contributed by atoms with Crippen molar-refractivity contribution in [3.05, 3.63) is 65.9 Å². The minimum absolute atomic E-state index is 0.0957. The highest BCUT2D eigenvalue weighted by Gasteiger charge is 2.18. The van der Waals surface area contributed by atoms with Gasteiger partial charge in [0.25, 0.3) is 0 Å². The third-order valence-electron chi connectivity index (χ3n) is 3.72. The largest absolute Gasteiger partial charge is 0.497 e. The van der Waals surface area contributed by atoms with E-state index in [4.69, 9.17) is 16.3 Å². The molecule has 7 heteroatoms. The SMILES string of the molecule is COc1ccc(-n2ccnc2SC(C)C(=O)Nc2ccc(Cl)cc2)cc1. The van der Waals surface area contributed by atoms with E-state index in [1.165, 1.54) is 11.8 Å². The van der Waals surface area contributed by atoms with Crippen molar-refractivity contribution in [3.8, 4) is 11.4 Å². The molecular formula is C19H18ClN3O2S. The summed E-state index contributed by atoms with van der Waals surface area (Å²) < 4.78 is 7.13. The Morgan fingerprint density at radius 3 is 2.54 bits per heavy atom. The number of nitrogens with zero attached hydrogens (tertiary/aromatic N) is 2. The molecule has 134 valence electrons. The molecule has 0 aliphatic rings. The number of ether oxygens (including phenoxy) is 1. The summed E-state index contributed by atoms with van der Waals surface area (Å²) >= 11 is 7.26. The molecule has 0 saturated carbocycles. The standard InChI is InChI=1S/C19H18ClN3O2S/c1-13(18(24)22-15-5-3-14(20)4-6-15)26-19-21-11-12-23(19)16-7-9-17(25-2)10-8-16/h3-13H,1-2H3,(H,22,24). The van der Waals surface area contributed by atoms with Gasteiger partial charge in [-0.2, -0.15) is 0 Å². The molecule has 5 nitrogen and oxygen atoms in total. The fourth-order valence-corrected chi connectivity index (χ4v) is 3.31. The number of carbonyl (C=O) groups is 1. The van der Waals surface area contributed by atoms with Crippen molar-refractivity contribution in [2.75, 3.05) is 12.4 Å². The lowest BCUT2D eigenvalue weighted by Gasteiger charge is -2.13. The van der Waals surface area contributed by atoms with E-state index in [2.05, 4.69) is 10.3 Å². The Bertz CT molecular complexity index is 879. The van der Waals surface area contributed by atoms with E-state index in [1.807, 2.05) is 42.0 Å². The number of anilines is 1. The Hall–Kier alpha value is -2.44. The average Bonchev–Trinajstić information content (AvgIpc) is 3.11. The number of methoxy groups -OCH3 is 1. The Morgan fingerprint density at radius 2 is 1.88 bits per heavy atom. The van der Waals surface area contributed by atoms with E-state index in [0.29, 0.717) is 10.7 Å². The molecule has 0 radical (unpaired) electrons. The number of aromatic nitrogens is 2. The van der Waals surface area contributed by atoms with E-state index < -0.39 is 0 Å². The minimum Gasteiger partial charge on any atom is -0.497 e. The zero-order chi connectivity index (χ0) is 18.5. The fraction of sp³-hybridized carbons (Fsp3) is 0.158. The predicted octanol–water partition coefficient (Wildman–Crippen LogP) is 4.65. The first-order valence-electron chi connectivity index (χ1n) is 7.97. The molecule has 0 saturated heterocycles. The Labute approximate surface area is 161 Å². The highest BCUT2D eigenvalue weighted by Crippen LogP contribution is 2.26. The van der Waals surface area contributed by atoms with Gasteiger partial charge in [-0.05, 0) is 55.5 Å². The monoisotopic (exact) mass is 387 g/mol. The van der Waals surface area contributed by atoms with Crippen LogP contribution < -0.4 is 10.1 Å². The molecule has 1 amide bonds. The van der Waals surface area contributed by atoms with Gasteiger partial charge in [-0.1, -0.05) is 23.4 Å². The van der Waals surface area contributed by atoms with Crippen LogP contribution >= 0.6 is 23.4 Å². The first-order valence-corrected chi connectivity index (χ1v) is 9.23. The summed E-state index contributed by atoms with van der Waals surface area (Å²) in [4.78, 5) is 16.8. The molecule has 1 unspecified atom stereocenters. The lowest BCUT2D eigenvalue weighted by molar-refractivity contribution is -0.115. The van der Waals surface area contributed by atoms with Crippen LogP contribution in [0.4, 0.5) is 5.69 Å². The number of halogens is 1. The molecule has 0 bridgehead atoms. The zero-order valence-electron chi connectivity index (χ0n) is 14.3. The Balaban J connectivity index is 1.69. The molecule has 0 spiro atoms. The number of thioether (sulfide) groups is 1. The topological polar surface area (TPSA) is 56.2 Å². The highest BCUT2D eigenvalue weighted by molar-refractivity contribution is 8.00. The van der Waals surface area contributed by atoms with Crippen LogP contribution in [0.5, 0.6) is 5.75 Å². The van der Waals surface area contributed by atoms with Gasteiger partial charge in [-0.25, -0.2) is 4.98 Å².